The molecule has 2 aromatic carbocycles. The van der Waals surface area contributed by atoms with Gasteiger partial charge in [-0.05, 0) is 49.4 Å². The molecule has 0 bridgehead atoms. The third-order valence-corrected chi connectivity index (χ3v) is 4.87. The van der Waals surface area contributed by atoms with Gasteiger partial charge in [0.15, 0.2) is 5.75 Å². The summed E-state index contributed by atoms with van der Waals surface area (Å²) in [5.41, 5.74) is 3.20. The van der Waals surface area contributed by atoms with E-state index in [-0.39, 0.29) is 51.4 Å². The molecule has 0 aliphatic carbocycles. The standard InChI is InChI=1S/C21H21ClN2O2.C2H6.CH3.Y/c1-3-24-21(26)19(16-10-6-4-8-14(16)2)20(25)18(23-24)13-12-15-9-5-7-11-17(15)22;1-2;;/h4-11,25H,3,12-13H2,1-2H3;1-2H3;1H3;/q;;-1;. The van der Waals surface area contributed by atoms with Crippen LogP contribution in [0.2, 0.25) is 5.02 Å². The molecule has 1 heterocycles. The average Bonchev–Trinajstić information content (AvgIpc) is 2.71. The molecule has 0 aliphatic rings. The molecule has 1 aromatic heterocycles. The fourth-order valence-corrected chi connectivity index (χ4v) is 3.28. The zero-order valence-corrected chi connectivity index (χ0v) is 22.0. The summed E-state index contributed by atoms with van der Waals surface area (Å²) < 4.78 is 1.41. The van der Waals surface area contributed by atoms with E-state index in [0.717, 1.165) is 16.7 Å². The molecule has 159 valence electrons. The maximum Gasteiger partial charge on any atom is 0.278 e. The molecular weight excluding hydrogens is 473 g/mol. The first-order chi connectivity index (χ1) is 13.5. The molecule has 6 heteroatoms. The van der Waals surface area contributed by atoms with Gasteiger partial charge in [0.05, 0.1) is 5.56 Å². The van der Waals surface area contributed by atoms with Crippen molar-refractivity contribution in [3.05, 3.63) is 88.2 Å². The molecular formula is C24H30ClN2O2Y-. The fraction of sp³-hybridized carbons (Fsp3) is 0.292. The monoisotopic (exact) mass is 502 g/mol. The van der Waals surface area contributed by atoms with Crippen LogP contribution in [0.4, 0.5) is 0 Å². The Labute approximate surface area is 210 Å². The summed E-state index contributed by atoms with van der Waals surface area (Å²) in [5, 5.41) is 15.9. The first-order valence-corrected chi connectivity index (χ1v) is 10.0. The molecule has 0 fully saturated rings. The molecule has 0 aliphatic heterocycles. The van der Waals surface area contributed by atoms with Crippen LogP contribution in [0.1, 0.15) is 37.6 Å². The fourth-order valence-electron chi connectivity index (χ4n) is 3.05. The van der Waals surface area contributed by atoms with E-state index in [4.69, 9.17) is 11.6 Å². The smallest absolute Gasteiger partial charge is 0.278 e. The van der Waals surface area contributed by atoms with Crippen LogP contribution in [0.15, 0.2) is 53.3 Å². The van der Waals surface area contributed by atoms with E-state index in [1.54, 1.807) is 0 Å². The van der Waals surface area contributed by atoms with Gasteiger partial charge in [-0.15, -0.1) is 0 Å². The normalized spacial score (nSPS) is 9.63. The second-order valence-corrected chi connectivity index (χ2v) is 6.60. The van der Waals surface area contributed by atoms with Gasteiger partial charge in [0.2, 0.25) is 0 Å². The van der Waals surface area contributed by atoms with Gasteiger partial charge < -0.3 is 12.5 Å². The minimum atomic E-state index is -0.277. The first kappa shape index (κ1) is 28.5. The summed E-state index contributed by atoms with van der Waals surface area (Å²) in [4.78, 5) is 12.8. The van der Waals surface area contributed by atoms with E-state index in [1.807, 2.05) is 76.2 Å². The third-order valence-electron chi connectivity index (χ3n) is 4.50. The minimum absolute atomic E-state index is 0. The molecule has 0 unspecified atom stereocenters. The van der Waals surface area contributed by atoms with Crippen molar-refractivity contribution in [3.63, 3.8) is 0 Å². The van der Waals surface area contributed by atoms with Crippen LogP contribution < -0.4 is 5.56 Å². The first-order valence-electron chi connectivity index (χ1n) is 9.65. The number of halogens is 1. The Balaban J connectivity index is 0.00000204. The minimum Gasteiger partial charge on any atom is -0.505 e. The van der Waals surface area contributed by atoms with E-state index in [0.29, 0.717) is 35.7 Å². The topological polar surface area (TPSA) is 55.1 Å². The van der Waals surface area contributed by atoms with Crippen molar-refractivity contribution in [2.24, 2.45) is 0 Å². The van der Waals surface area contributed by atoms with Crippen LogP contribution in [-0.2, 0) is 52.1 Å². The number of benzene rings is 2. The van der Waals surface area contributed by atoms with Crippen molar-refractivity contribution in [1.29, 1.82) is 0 Å². The van der Waals surface area contributed by atoms with Gasteiger partial charge in [0.25, 0.3) is 5.56 Å². The molecule has 3 rings (SSSR count). The Morgan fingerprint density at radius 1 is 1.03 bits per heavy atom. The number of rotatable bonds is 5. The SMILES string of the molecule is CC.CCn1nc(CCc2ccccc2Cl)c(O)c(-c2ccccc2C)c1=O.[CH3-].[Y]. The van der Waals surface area contributed by atoms with Crippen molar-refractivity contribution in [3.8, 4) is 16.9 Å². The summed E-state index contributed by atoms with van der Waals surface area (Å²) in [5.74, 6) is -0.0407. The van der Waals surface area contributed by atoms with E-state index < -0.39 is 0 Å². The molecule has 30 heavy (non-hydrogen) atoms. The van der Waals surface area contributed by atoms with Gasteiger partial charge in [-0.1, -0.05) is 67.9 Å². The third kappa shape index (κ3) is 6.50. The van der Waals surface area contributed by atoms with Crippen molar-refractivity contribution in [2.45, 2.75) is 47.1 Å². The van der Waals surface area contributed by atoms with Crippen molar-refractivity contribution >= 4 is 11.6 Å². The molecule has 1 N–H and O–H groups in total. The van der Waals surface area contributed by atoms with Crippen LogP contribution in [0.5, 0.6) is 5.75 Å². The Hall–Kier alpha value is -1.49. The average molecular weight is 503 g/mol. The van der Waals surface area contributed by atoms with Gasteiger partial charge in [0, 0.05) is 44.3 Å². The van der Waals surface area contributed by atoms with E-state index >= 15 is 0 Å². The molecule has 0 saturated carbocycles. The predicted molar refractivity (Wildman–Crippen MR) is 123 cm³/mol. The van der Waals surface area contributed by atoms with Crippen molar-refractivity contribution in [2.75, 3.05) is 0 Å². The predicted octanol–water partition coefficient (Wildman–Crippen LogP) is 5.86. The molecule has 0 spiro atoms. The number of hydrogen-bond acceptors (Lipinski definition) is 3. The van der Waals surface area contributed by atoms with Crippen molar-refractivity contribution in [1.82, 2.24) is 9.78 Å². The second kappa shape index (κ2) is 13.7. The Morgan fingerprint density at radius 3 is 2.23 bits per heavy atom. The van der Waals surface area contributed by atoms with Crippen LogP contribution >= 0.6 is 11.6 Å². The van der Waals surface area contributed by atoms with E-state index in [1.165, 1.54) is 4.68 Å². The largest absolute Gasteiger partial charge is 0.505 e. The zero-order chi connectivity index (χ0) is 20.7. The van der Waals surface area contributed by atoms with Gasteiger partial charge in [-0.2, -0.15) is 5.10 Å². The number of aryl methyl sites for hydroxylation is 4. The summed E-state index contributed by atoms with van der Waals surface area (Å²) in [6.07, 6.45) is 1.13. The van der Waals surface area contributed by atoms with Crippen molar-refractivity contribution < 1.29 is 37.8 Å². The summed E-state index contributed by atoms with van der Waals surface area (Å²) in [6.45, 7) is 8.23. The zero-order valence-electron chi connectivity index (χ0n) is 18.4. The van der Waals surface area contributed by atoms with Crippen LogP contribution in [-0.4, -0.2) is 14.9 Å². The second-order valence-electron chi connectivity index (χ2n) is 6.20. The van der Waals surface area contributed by atoms with Gasteiger partial charge in [-0.3, -0.25) is 4.79 Å². The van der Waals surface area contributed by atoms with Crippen LogP contribution in [0.25, 0.3) is 11.1 Å². The summed E-state index contributed by atoms with van der Waals surface area (Å²) >= 11 is 6.22. The quantitative estimate of drug-likeness (QED) is 0.445. The molecule has 0 amide bonds. The maximum absolute atomic E-state index is 12.8. The van der Waals surface area contributed by atoms with Gasteiger partial charge in [0.1, 0.15) is 5.69 Å². The Bertz CT molecular complexity index is 1000. The Kier molecular flexibility index (Phi) is 13.1. The number of hydrogen-bond donors (Lipinski definition) is 1. The number of aromatic hydroxyl groups is 1. The molecule has 1 radical (unpaired) electrons. The van der Waals surface area contributed by atoms with Crippen LogP contribution in [0.3, 0.4) is 0 Å². The number of aromatic nitrogens is 2. The van der Waals surface area contributed by atoms with Gasteiger partial charge >= 0.3 is 0 Å². The Morgan fingerprint density at radius 2 is 1.63 bits per heavy atom. The van der Waals surface area contributed by atoms with E-state index in [2.05, 4.69) is 5.10 Å². The summed E-state index contributed by atoms with van der Waals surface area (Å²) in [7, 11) is 0. The van der Waals surface area contributed by atoms with Crippen LogP contribution in [0, 0.1) is 14.4 Å². The molecule has 0 saturated heterocycles. The van der Waals surface area contributed by atoms with E-state index in [9.17, 15) is 9.90 Å². The summed E-state index contributed by atoms with van der Waals surface area (Å²) in [6, 6.07) is 15.2. The maximum atomic E-state index is 12.8. The number of nitrogens with zero attached hydrogens (tertiary/aromatic N) is 2. The molecule has 4 nitrogen and oxygen atoms in total. The molecule has 0 atom stereocenters. The van der Waals surface area contributed by atoms with Gasteiger partial charge in [-0.25, -0.2) is 4.68 Å². The molecule has 3 aromatic rings.